The van der Waals surface area contributed by atoms with E-state index in [4.69, 9.17) is 0 Å². The van der Waals surface area contributed by atoms with Gasteiger partial charge in [0.25, 0.3) is 11.8 Å². The van der Waals surface area contributed by atoms with Gasteiger partial charge in [0.15, 0.2) is 0 Å². The van der Waals surface area contributed by atoms with Gasteiger partial charge in [-0.25, -0.2) is 0 Å². The molecule has 31 heavy (non-hydrogen) atoms. The quantitative estimate of drug-likeness (QED) is 0.538. The van der Waals surface area contributed by atoms with E-state index in [1.54, 1.807) is 12.1 Å². The van der Waals surface area contributed by atoms with E-state index in [9.17, 15) is 14.4 Å². The fraction of sp³-hybridized carbons (Fsp3) is 0.240. The molecule has 160 valence electrons. The van der Waals surface area contributed by atoms with Crippen LogP contribution in [0.1, 0.15) is 35.3 Å². The molecule has 0 aliphatic heterocycles. The smallest absolute Gasteiger partial charge is 0.261 e. The Kier molecular flexibility index (Phi) is 7.03. The number of hydrogen-bond donors (Lipinski definition) is 3. The third-order valence-corrected chi connectivity index (χ3v) is 5.18. The summed E-state index contributed by atoms with van der Waals surface area (Å²) >= 11 is 0. The molecule has 3 N–H and O–H groups in total. The van der Waals surface area contributed by atoms with Gasteiger partial charge in [0.1, 0.15) is 6.04 Å². The zero-order valence-electron chi connectivity index (χ0n) is 17.9. The Labute approximate surface area is 182 Å². The lowest BCUT2D eigenvalue weighted by Crippen LogP contribution is -2.54. The van der Waals surface area contributed by atoms with E-state index in [1.807, 2.05) is 75.4 Å². The van der Waals surface area contributed by atoms with Crippen LogP contribution in [0.3, 0.4) is 0 Å². The lowest BCUT2D eigenvalue weighted by molar-refractivity contribution is -0.130. The van der Waals surface area contributed by atoms with Crippen LogP contribution in [0.4, 0.5) is 0 Å². The van der Waals surface area contributed by atoms with Crippen molar-refractivity contribution in [2.45, 2.75) is 33.2 Å². The molecule has 6 nitrogen and oxygen atoms in total. The number of carbonyl (C=O) groups is 3. The van der Waals surface area contributed by atoms with Crippen LogP contribution in [0.2, 0.25) is 0 Å². The first-order valence-electron chi connectivity index (χ1n) is 10.3. The van der Waals surface area contributed by atoms with Crippen molar-refractivity contribution in [1.82, 2.24) is 16.2 Å². The number of carbonyl (C=O) groups excluding carboxylic acids is 3. The van der Waals surface area contributed by atoms with Gasteiger partial charge in [-0.15, -0.1) is 0 Å². The van der Waals surface area contributed by atoms with Gasteiger partial charge < -0.3 is 5.32 Å². The second-order valence-corrected chi connectivity index (χ2v) is 7.86. The Morgan fingerprint density at radius 1 is 0.839 bits per heavy atom. The fourth-order valence-electron chi connectivity index (χ4n) is 3.45. The molecular formula is C25H27N3O3. The molecule has 0 saturated heterocycles. The molecule has 0 fully saturated rings. The summed E-state index contributed by atoms with van der Waals surface area (Å²) in [5.41, 5.74) is 7.13. The van der Waals surface area contributed by atoms with Crippen molar-refractivity contribution >= 4 is 28.5 Å². The highest BCUT2D eigenvalue weighted by molar-refractivity contribution is 5.99. The first-order valence-corrected chi connectivity index (χ1v) is 10.3. The van der Waals surface area contributed by atoms with Crippen LogP contribution in [-0.4, -0.2) is 23.8 Å². The number of nitrogens with one attached hydrogen (secondary N) is 3. The van der Waals surface area contributed by atoms with Gasteiger partial charge in [-0.3, -0.25) is 25.2 Å². The molecule has 0 bridgehead atoms. The number of hydrogen-bond acceptors (Lipinski definition) is 3. The summed E-state index contributed by atoms with van der Waals surface area (Å²) < 4.78 is 0. The second kappa shape index (κ2) is 9.89. The lowest BCUT2D eigenvalue weighted by atomic mass is 10.0. The minimum Gasteiger partial charge on any atom is -0.340 e. The Morgan fingerprint density at radius 3 is 2.26 bits per heavy atom. The molecule has 6 heteroatoms. The molecule has 1 unspecified atom stereocenters. The standard InChI is InChI=1S/C25H27N3O3/c1-16(2)23(26-24(30)20-13-6-4-9-17(20)3)25(31)28-27-22(29)15-19-12-8-11-18-10-5-7-14-21(18)19/h4-14,16,23H,15H2,1-3H3,(H,26,30)(H,27,29)(H,28,31). The van der Waals surface area contributed by atoms with Crippen molar-refractivity contribution < 1.29 is 14.4 Å². The van der Waals surface area contributed by atoms with Gasteiger partial charge in [0.05, 0.1) is 6.42 Å². The van der Waals surface area contributed by atoms with E-state index >= 15 is 0 Å². The largest absolute Gasteiger partial charge is 0.340 e. The van der Waals surface area contributed by atoms with Gasteiger partial charge in [-0.05, 0) is 40.8 Å². The van der Waals surface area contributed by atoms with E-state index in [0.29, 0.717) is 5.56 Å². The lowest BCUT2D eigenvalue weighted by Gasteiger charge is -2.22. The van der Waals surface area contributed by atoms with Crippen LogP contribution in [-0.2, 0) is 16.0 Å². The highest BCUT2D eigenvalue weighted by Gasteiger charge is 2.25. The van der Waals surface area contributed by atoms with Crippen molar-refractivity contribution in [2.75, 3.05) is 0 Å². The van der Waals surface area contributed by atoms with E-state index < -0.39 is 11.9 Å². The molecule has 3 aromatic carbocycles. The highest BCUT2D eigenvalue weighted by atomic mass is 16.2. The number of fused-ring (bicyclic) bond motifs is 1. The fourth-order valence-corrected chi connectivity index (χ4v) is 3.45. The molecule has 3 aromatic rings. The summed E-state index contributed by atoms with van der Waals surface area (Å²) in [6.07, 6.45) is 0.129. The average molecular weight is 418 g/mol. The van der Waals surface area contributed by atoms with Crippen LogP contribution in [0.15, 0.2) is 66.7 Å². The molecule has 0 aliphatic rings. The topological polar surface area (TPSA) is 87.3 Å². The maximum atomic E-state index is 12.7. The maximum Gasteiger partial charge on any atom is 0.261 e. The van der Waals surface area contributed by atoms with E-state index in [0.717, 1.165) is 21.9 Å². The normalized spacial score (nSPS) is 11.7. The molecule has 0 aromatic heterocycles. The first kappa shape index (κ1) is 22.0. The molecule has 3 rings (SSSR count). The molecule has 0 radical (unpaired) electrons. The zero-order valence-corrected chi connectivity index (χ0v) is 17.9. The van der Waals surface area contributed by atoms with Crippen LogP contribution in [0, 0.1) is 12.8 Å². The van der Waals surface area contributed by atoms with E-state index in [1.165, 1.54) is 0 Å². The Bertz CT molecular complexity index is 1100. The Morgan fingerprint density at radius 2 is 1.52 bits per heavy atom. The number of hydrazine groups is 1. The number of amides is 3. The van der Waals surface area contributed by atoms with Crippen LogP contribution < -0.4 is 16.2 Å². The molecule has 0 saturated carbocycles. The second-order valence-electron chi connectivity index (χ2n) is 7.86. The summed E-state index contributed by atoms with van der Waals surface area (Å²) in [5.74, 6) is -1.29. The summed E-state index contributed by atoms with van der Waals surface area (Å²) in [4.78, 5) is 37.7. The van der Waals surface area contributed by atoms with Crippen molar-refractivity contribution in [3.05, 3.63) is 83.4 Å². The van der Waals surface area contributed by atoms with E-state index in [-0.39, 0.29) is 24.2 Å². The number of aryl methyl sites for hydroxylation is 1. The van der Waals surface area contributed by atoms with Crippen molar-refractivity contribution in [3.8, 4) is 0 Å². The van der Waals surface area contributed by atoms with Gasteiger partial charge >= 0.3 is 0 Å². The predicted molar refractivity (Wildman–Crippen MR) is 121 cm³/mol. The van der Waals surface area contributed by atoms with Gasteiger partial charge in [-0.2, -0.15) is 0 Å². The average Bonchev–Trinajstić information content (AvgIpc) is 2.76. The SMILES string of the molecule is Cc1ccccc1C(=O)NC(C(=O)NNC(=O)Cc1cccc2ccccc12)C(C)C. The highest BCUT2D eigenvalue weighted by Crippen LogP contribution is 2.18. The van der Waals surface area contributed by atoms with Gasteiger partial charge in [-0.1, -0.05) is 74.5 Å². The minimum atomic E-state index is -0.787. The molecular weight excluding hydrogens is 390 g/mol. The summed E-state index contributed by atoms with van der Waals surface area (Å²) in [6, 6.07) is 20.0. The summed E-state index contributed by atoms with van der Waals surface area (Å²) in [6.45, 7) is 5.51. The van der Waals surface area contributed by atoms with Crippen LogP contribution >= 0.6 is 0 Å². The first-order chi connectivity index (χ1) is 14.9. The van der Waals surface area contributed by atoms with Gasteiger partial charge in [0.2, 0.25) is 5.91 Å². The van der Waals surface area contributed by atoms with Crippen molar-refractivity contribution in [1.29, 1.82) is 0 Å². The Hall–Kier alpha value is -3.67. The predicted octanol–water partition coefficient (Wildman–Crippen LogP) is 3.29. The number of rotatable bonds is 6. The maximum absolute atomic E-state index is 12.7. The van der Waals surface area contributed by atoms with Crippen molar-refractivity contribution in [2.24, 2.45) is 5.92 Å². The molecule has 0 aliphatic carbocycles. The molecule has 3 amide bonds. The zero-order chi connectivity index (χ0) is 22.4. The van der Waals surface area contributed by atoms with Crippen LogP contribution in [0.5, 0.6) is 0 Å². The van der Waals surface area contributed by atoms with E-state index in [2.05, 4.69) is 16.2 Å². The minimum absolute atomic E-state index is 0.129. The molecule has 1 atom stereocenters. The van der Waals surface area contributed by atoms with Crippen LogP contribution in [0.25, 0.3) is 10.8 Å². The molecule has 0 spiro atoms. The molecule has 0 heterocycles. The Balaban J connectivity index is 1.61. The number of benzene rings is 3. The van der Waals surface area contributed by atoms with Gasteiger partial charge in [0, 0.05) is 5.56 Å². The summed E-state index contributed by atoms with van der Waals surface area (Å²) in [5, 5.41) is 4.82. The third kappa shape index (κ3) is 5.48. The third-order valence-electron chi connectivity index (χ3n) is 5.18. The monoisotopic (exact) mass is 417 g/mol. The van der Waals surface area contributed by atoms with Crippen molar-refractivity contribution in [3.63, 3.8) is 0 Å². The summed E-state index contributed by atoms with van der Waals surface area (Å²) in [7, 11) is 0.